The molecular weight excluding hydrogens is 419 g/mol. The summed E-state index contributed by atoms with van der Waals surface area (Å²) in [6.07, 6.45) is 0.622. The molecule has 0 bridgehead atoms. The Labute approximate surface area is 194 Å². The summed E-state index contributed by atoms with van der Waals surface area (Å²) in [7, 11) is 1.59. The summed E-state index contributed by atoms with van der Waals surface area (Å²) >= 11 is 0. The number of nitrogens with one attached hydrogen (secondary N) is 1. The summed E-state index contributed by atoms with van der Waals surface area (Å²) in [5, 5.41) is 2.87. The molecule has 0 heterocycles. The Kier molecular flexibility index (Phi) is 8.19. The average molecular weight is 449 g/mol. The van der Waals surface area contributed by atoms with Crippen LogP contribution in [0.5, 0.6) is 5.75 Å². The first kappa shape index (κ1) is 24.0. The summed E-state index contributed by atoms with van der Waals surface area (Å²) in [6.45, 7) is 4.35. The van der Waals surface area contributed by atoms with Crippen LogP contribution in [0, 0.1) is 11.7 Å². The maximum absolute atomic E-state index is 13.3. The van der Waals surface area contributed by atoms with Crippen LogP contribution in [-0.4, -0.2) is 18.9 Å². The third-order valence-corrected chi connectivity index (χ3v) is 5.12. The van der Waals surface area contributed by atoms with E-state index in [1.807, 2.05) is 38.1 Å². The molecule has 2 amide bonds. The number of halogens is 1. The van der Waals surface area contributed by atoms with Crippen LogP contribution in [0.25, 0.3) is 0 Å². The van der Waals surface area contributed by atoms with Gasteiger partial charge in [-0.25, -0.2) is 4.39 Å². The van der Waals surface area contributed by atoms with Crippen LogP contribution in [0.15, 0.2) is 72.8 Å². The van der Waals surface area contributed by atoms with Crippen molar-refractivity contribution in [3.05, 3.63) is 89.7 Å². The van der Waals surface area contributed by atoms with Crippen LogP contribution in [-0.2, 0) is 22.6 Å². The van der Waals surface area contributed by atoms with E-state index in [1.54, 1.807) is 48.4 Å². The second kappa shape index (κ2) is 11.3. The van der Waals surface area contributed by atoms with Gasteiger partial charge in [0, 0.05) is 17.8 Å². The van der Waals surface area contributed by atoms with Gasteiger partial charge in [-0.1, -0.05) is 38.1 Å². The third-order valence-electron chi connectivity index (χ3n) is 5.12. The Bertz CT molecular complexity index is 1060. The van der Waals surface area contributed by atoms with E-state index in [0.29, 0.717) is 18.7 Å². The lowest BCUT2D eigenvalue weighted by Crippen LogP contribution is -2.31. The molecule has 0 saturated carbocycles. The summed E-state index contributed by atoms with van der Waals surface area (Å²) in [6, 6.07) is 20.7. The Hall–Kier alpha value is -3.67. The van der Waals surface area contributed by atoms with Crippen molar-refractivity contribution in [2.24, 2.45) is 5.92 Å². The smallest absolute Gasteiger partial charge is 0.228 e. The molecule has 3 rings (SSSR count). The number of benzene rings is 3. The van der Waals surface area contributed by atoms with E-state index < -0.39 is 0 Å². The fraction of sp³-hybridized carbons (Fsp3) is 0.259. The second-order valence-corrected chi connectivity index (χ2v) is 8.32. The number of amides is 2. The molecule has 0 saturated heterocycles. The van der Waals surface area contributed by atoms with Gasteiger partial charge in [0.15, 0.2) is 0 Å². The van der Waals surface area contributed by atoms with Crippen LogP contribution >= 0.6 is 0 Å². The number of ether oxygens (including phenoxy) is 1. The summed E-state index contributed by atoms with van der Waals surface area (Å²) in [5.41, 5.74) is 3.12. The molecular formula is C27H29FN2O3. The predicted molar refractivity (Wildman–Crippen MR) is 129 cm³/mol. The minimum absolute atomic E-state index is 0.000626. The molecule has 0 fully saturated rings. The SMILES string of the molecule is COc1ccc(NC(=O)Cc2ccc(N(Cc3ccc(F)cc3)C(=O)CC(C)C)cc2)cc1. The molecule has 6 heteroatoms. The Morgan fingerprint density at radius 3 is 2.09 bits per heavy atom. The van der Waals surface area contributed by atoms with Gasteiger partial charge in [-0.15, -0.1) is 0 Å². The first-order valence-corrected chi connectivity index (χ1v) is 10.9. The van der Waals surface area contributed by atoms with Crippen molar-refractivity contribution in [3.63, 3.8) is 0 Å². The molecule has 3 aromatic carbocycles. The van der Waals surface area contributed by atoms with Crippen molar-refractivity contribution >= 4 is 23.2 Å². The first-order valence-electron chi connectivity index (χ1n) is 10.9. The van der Waals surface area contributed by atoms with Gasteiger partial charge in [0.25, 0.3) is 0 Å². The lowest BCUT2D eigenvalue weighted by Gasteiger charge is -2.24. The molecule has 0 radical (unpaired) electrons. The lowest BCUT2D eigenvalue weighted by atomic mass is 10.1. The highest BCUT2D eigenvalue weighted by molar-refractivity contribution is 5.94. The second-order valence-electron chi connectivity index (χ2n) is 8.32. The molecule has 0 aliphatic heterocycles. The molecule has 3 aromatic rings. The summed E-state index contributed by atoms with van der Waals surface area (Å²) in [4.78, 5) is 27.0. The number of nitrogens with zero attached hydrogens (tertiary/aromatic N) is 1. The number of carbonyl (C=O) groups excluding carboxylic acids is 2. The van der Waals surface area contributed by atoms with Crippen molar-refractivity contribution in [3.8, 4) is 5.75 Å². The number of rotatable bonds is 9. The molecule has 0 aromatic heterocycles. The van der Waals surface area contributed by atoms with E-state index in [2.05, 4.69) is 5.32 Å². The van der Waals surface area contributed by atoms with Crippen molar-refractivity contribution in [2.45, 2.75) is 33.2 Å². The van der Waals surface area contributed by atoms with Crippen molar-refractivity contribution < 1.29 is 18.7 Å². The quantitative estimate of drug-likeness (QED) is 0.464. The highest BCUT2D eigenvalue weighted by Crippen LogP contribution is 2.22. The molecule has 33 heavy (non-hydrogen) atoms. The first-order chi connectivity index (χ1) is 15.8. The molecule has 0 aliphatic rings. The Morgan fingerprint density at radius 1 is 0.909 bits per heavy atom. The van der Waals surface area contributed by atoms with Crippen LogP contribution in [0.4, 0.5) is 15.8 Å². The van der Waals surface area contributed by atoms with Crippen molar-refractivity contribution in [1.29, 1.82) is 0 Å². The number of hydrogen-bond donors (Lipinski definition) is 1. The zero-order chi connectivity index (χ0) is 23.8. The van der Waals surface area contributed by atoms with E-state index in [4.69, 9.17) is 4.74 Å². The molecule has 172 valence electrons. The van der Waals surface area contributed by atoms with Gasteiger partial charge in [-0.2, -0.15) is 0 Å². The molecule has 5 nitrogen and oxygen atoms in total. The van der Waals surface area contributed by atoms with Crippen LogP contribution in [0.2, 0.25) is 0 Å². The largest absolute Gasteiger partial charge is 0.497 e. The maximum Gasteiger partial charge on any atom is 0.228 e. The van der Waals surface area contributed by atoms with Crippen molar-refractivity contribution in [2.75, 3.05) is 17.3 Å². The van der Waals surface area contributed by atoms with Gasteiger partial charge in [0.1, 0.15) is 11.6 Å². The average Bonchev–Trinajstić information content (AvgIpc) is 2.79. The van der Waals surface area contributed by atoms with E-state index in [0.717, 1.165) is 22.6 Å². The number of methoxy groups -OCH3 is 1. The maximum atomic E-state index is 13.3. The monoisotopic (exact) mass is 448 g/mol. The van der Waals surface area contributed by atoms with Crippen LogP contribution < -0.4 is 15.0 Å². The van der Waals surface area contributed by atoms with Gasteiger partial charge in [-0.3, -0.25) is 9.59 Å². The topological polar surface area (TPSA) is 58.6 Å². The molecule has 0 aliphatic carbocycles. The van der Waals surface area contributed by atoms with Crippen LogP contribution in [0.3, 0.4) is 0 Å². The van der Waals surface area contributed by atoms with E-state index in [-0.39, 0.29) is 30.0 Å². The minimum atomic E-state index is -0.309. The fourth-order valence-electron chi connectivity index (χ4n) is 3.41. The predicted octanol–water partition coefficient (Wildman–Crippen LogP) is 5.59. The van der Waals surface area contributed by atoms with E-state index in [1.165, 1.54) is 12.1 Å². The van der Waals surface area contributed by atoms with E-state index >= 15 is 0 Å². The molecule has 0 atom stereocenters. The summed E-state index contributed by atoms with van der Waals surface area (Å²) in [5.74, 6) is 0.498. The molecule has 0 unspecified atom stereocenters. The third kappa shape index (κ3) is 7.17. The number of carbonyl (C=O) groups is 2. The van der Waals surface area contributed by atoms with Gasteiger partial charge < -0.3 is 15.0 Å². The zero-order valence-electron chi connectivity index (χ0n) is 19.2. The zero-order valence-corrected chi connectivity index (χ0v) is 19.2. The highest BCUT2D eigenvalue weighted by atomic mass is 19.1. The van der Waals surface area contributed by atoms with Gasteiger partial charge in [-0.05, 0) is 65.6 Å². The standard InChI is InChI=1S/C27H29FN2O3/c1-19(2)16-27(32)30(18-21-4-8-22(28)9-5-21)24-12-6-20(7-13-24)17-26(31)29-23-10-14-25(33-3)15-11-23/h4-15,19H,16-18H2,1-3H3,(H,29,31). The summed E-state index contributed by atoms with van der Waals surface area (Å²) < 4.78 is 18.4. The lowest BCUT2D eigenvalue weighted by molar-refractivity contribution is -0.119. The molecule has 1 N–H and O–H groups in total. The normalized spacial score (nSPS) is 10.7. The number of hydrogen-bond acceptors (Lipinski definition) is 3. The number of anilines is 2. The minimum Gasteiger partial charge on any atom is -0.497 e. The van der Waals surface area contributed by atoms with Gasteiger partial charge in [0.2, 0.25) is 11.8 Å². The Morgan fingerprint density at radius 2 is 1.52 bits per heavy atom. The van der Waals surface area contributed by atoms with Crippen LogP contribution in [0.1, 0.15) is 31.4 Å². The van der Waals surface area contributed by atoms with Gasteiger partial charge >= 0.3 is 0 Å². The highest BCUT2D eigenvalue weighted by Gasteiger charge is 2.18. The fourth-order valence-corrected chi connectivity index (χ4v) is 3.41. The molecule has 0 spiro atoms. The van der Waals surface area contributed by atoms with Crippen molar-refractivity contribution in [1.82, 2.24) is 0 Å². The Balaban J connectivity index is 1.69. The van der Waals surface area contributed by atoms with E-state index in [9.17, 15) is 14.0 Å². The van der Waals surface area contributed by atoms with Gasteiger partial charge in [0.05, 0.1) is 20.1 Å².